The van der Waals surface area contributed by atoms with E-state index in [9.17, 15) is 9.90 Å². The number of aromatic amines is 1. The zero-order chi connectivity index (χ0) is 23.5. The number of unbranched alkanes of at least 4 members (excludes halogenated alkanes) is 1. The molecule has 3 heterocycles. The lowest BCUT2D eigenvalue weighted by molar-refractivity contribution is -0.131. The summed E-state index contributed by atoms with van der Waals surface area (Å²) in [7, 11) is 0. The maximum absolute atomic E-state index is 11.4. The Morgan fingerprint density at radius 2 is 1.97 bits per heavy atom. The molecule has 1 aliphatic rings. The van der Waals surface area contributed by atoms with E-state index in [4.69, 9.17) is 0 Å². The minimum atomic E-state index is -0.928. The first-order chi connectivity index (χ1) is 16.7. The van der Waals surface area contributed by atoms with E-state index in [0.29, 0.717) is 12.2 Å². The highest BCUT2D eigenvalue weighted by molar-refractivity contribution is 5.89. The number of rotatable bonds is 7. The van der Waals surface area contributed by atoms with Crippen molar-refractivity contribution in [2.75, 3.05) is 0 Å². The number of carboxylic acid groups (broad SMARTS) is 1. The van der Waals surface area contributed by atoms with Crippen LogP contribution in [0.2, 0.25) is 0 Å². The van der Waals surface area contributed by atoms with Gasteiger partial charge in [0.1, 0.15) is 5.82 Å². The first-order valence-corrected chi connectivity index (χ1v) is 11.6. The molecule has 0 amide bonds. The summed E-state index contributed by atoms with van der Waals surface area (Å²) in [5.74, 6) is 0.480. The van der Waals surface area contributed by atoms with E-state index in [2.05, 4.69) is 67.4 Å². The third kappa shape index (κ3) is 4.14. The van der Waals surface area contributed by atoms with Gasteiger partial charge in [-0.25, -0.2) is 14.9 Å². The summed E-state index contributed by atoms with van der Waals surface area (Å²) in [5.41, 5.74) is 6.21. The van der Waals surface area contributed by atoms with Crippen molar-refractivity contribution in [3.05, 3.63) is 77.9 Å². The van der Waals surface area contributed by atoms with Crippen LogP contribution in [0.25, 0.3) is 28.1 Å². The fraction of sp³-hybridized carbons (Fsp3) is 0.269. The topological polar surface area (TPSA) is 110 Å². The minimum absolute atomic E-state index is 0.123. The Morgan fingerprint density at radius 1 is 1.18 bits per heavy atom. The summed E-state index contributed by atoms with van der Waals surface area (Å²) in [6, 6.07) is 16.7. The molecule has 1 unspecified atom stereocenters. The molecule has 0 aliphatic carbocycles. The monoisotopic (exact) mass is 454 g/mol. The molecule has 4 aromatic rings. The molecular formula is C26H26N6O2. The van der Waals surface area contributed by atoms with Gasteiger partial charge < -0.3 is 9.67 Å². The predicted octanol–water partition coefficient (Wildman–Crippen LogP) is 4.92. The zero-order valence-electron chi connectivity index (χ0n) is 19.0. The van der Waals surface area contributed by atoms with Crippen LogP contribution in [0.4, 0.5) is 0 Å². The number of H-pyrrole nitrogens is 1. The Hall–Kier alpha value is -4.07. The van der Waals surface area contributed by atoms with Crippen molar-refractivity contribution < 1.29 is 9.90 Å². The van der Waals surface area contributed by atoms with Crippen molar-refractivity contribution in [2.24, 2.45) is 0 Å². The van der Waals surface area contributed by atoms with Gasteiger partial charge in [-0.05, 0) is 52.8 Å². The van der Waals surface area contributed by atoms with Crippen LogP contribution in [-0.4, -0.2) is 41.3 Å². The highest BCUT2D eigenvalue weighted by Gasteiger charge is 2.28. The molecule has 0 fully saturated rings. The SMILES string of the molecule is CCCCc1cnc2n1C(c1ccc(-c3ccccc3-c3nnn[nH]3)cc1)CCC2=CC(=O)O. The van der Waals surface area contributed by atoms with Crippen molar-refractivity contribution in [2.45, 2.75) is 45.1 Å². The number of nitrogens with zero attached hydrogens (tertiary/aromatic N) is 5. The minimum Gasteiger partial charge on any atom is -0.478 e. The van der Waals surface area contributed by atoms with Crippen LogP contribution in [0.1, 0.15) is 55.7 Å². The highest BCUT2D eigenvalue weighted by atomic mass is 16.4. The van der Waals surface area contributed by atoms with E-state index < -0.39 is 5.97 Å². The first kappa shape index (κ1) is 21.8. The summed E-state index contributed by atoms with van der Waals surface area (Å²) in [5, 5.41) is 23.7. The van der Waals surface area contributed by atoms with Crippen LogP contribution in [0.3, 0.4) is 0 Å². The molecule has 172 valence electrons. The molecule has 8 heteroatoms. The average molecular weight is 455 g/mol. The molecule has 2 aromatic heterocycles. The Morgan fingerprint density at radius 3 is 2.68 bits per heavy atom. The van der Waals surface area contributed by atoms with Gasteiger partial charge in [-0.3, -0.25) is 0 Å². The number of imidazole rings is 1. The van der Waals surface area contributed by atoms with Gasteiger partial charge >= 0.3 is 5.97 Å². The lowest BCUT2D eigenvalue weighted by atomic mass is 9.91. The van der Waals surface area contributed by atoms with E-state index >= 15 is 0 Å². The summed E-state index contributed by atoms with van der Waals surface area (Å²) < 4.78 is 2.25. The van der Waals surface area contributed by atoms with Gasteiger partial charge in [-0.1, -0.05) is 61.9 Å². The van der Waals surface area contributed by atoms with Crippen LogP contribution < -0.4 is 0 Å². The number of aliphatic carboxylic acids is 1. The number of nitrogens with one attached hydrogen (secondary N) is 1. The molecular weight excluding hydrogens is 428 g/mol. The molecule has 2 N–H and O–H groups in total. The summed E-state index contributed by atoms with van der Waals surface area (Å²) in [6.45, 7) is 2.17. The number of allylic oxidation sites excluding steroid dienone is 1. The smallest absolute Gasteiger partial charge is 0.328 e. The fourth-order valence-electron chi connectivity index (χ4n) is 4.76. The van der Waals surface area contributed by atoms with Gasteiger partial charge in [-0.2, -0.15) is 0 Å². The second-order valence-electron chi connectivity index (χ2n) is 8.53. The first-order valence-electron chi connectivity index (χ1n) is 11.6. The van der Waals surface area contributed by atoms with E-state index in [-0.39, 0.29) is 6.04 Å². The molecule has 0 radical (unpaired) electrons. The number of benzene rings is 2. The second-order valence-corrected chi connectivity index (χ2v) is 8.53. The molecule has 1 aliphatic heterocycles. The van der Waals surface area contributed by atoms with Crippen LogP contribution in [0.5, 0.6) is 0 Å². The lowest BCUT2D eigenvalue weighted by Crippen LogP contribution is -2.21. The number of aromatic nitrogens is 6. The number of tetrazole rings is 1. The molecule has 0 bridgehead atoms. The third-order valence-corrected chi connectivity index (χ3v) is 6.38. The van der Waals surface area contributed by atoms with Gasteiger partial charge in [-0.15, -0.1) is 5.10 Å². The highest BCUT2D eigenvalue weighted by Crippen LogP contribution is 2.39. The molecule has 0 spiro atoms. The molecule has 0 saturated heterocycles. The van der Waals surface area contributed by atoms with Gasteiger partial charge in [0, 0.05) is 29.1 Å². The number of carbonyl (C=O) groups is 1. The Kier molecular flexibility index (Phi) is 6.03. The van der Waals surface area contributed by atoms with Crippen LogP contribution in [0.15, 0.2) is 60.8 Å². The Bertz CT molecular complexity index is 1320. The van der Waals surface area contributed by atoms with E-state index in [1.54, 1.807) is 0 Å². The van der Waals surface area contributed by atoms with Gasteiger partial charge in [0.25, 0.3) is 0 Å². The summed E-state index contributed by atoms with van der Waals surface area (Å²) in [6.07, 6.45) is 7.83. The van der Waals surface area contributed by atoms with Crippen molar-refractivity contribution in [1.29, 1.82) is 0 Å². The molecule has 8 nitrogen and oxygen atoms in total. The predicted molar refractivity (Wildman–Crippen MR) is 129 cm³/mol. The quantitative estimate of drug-likeness (QED) is 0.384. The summed E-state index contributed by atoms with van der Waals surface area (Å²) >= 11 is 0. The molecule has 2 aromatic carbocycles. The number of hydrogen-bond acceptors (Lipinski definition) is 5. The summed E-state index contributed by atoms with van der Waals surface area (Å²) in [4.78, 5) is 16.0. The van der Waals surface area contributed by atoms with E-state index in [1.807, 2.05) is 24.4 Å². The standard InChI is InChI=1S/C26H26N6O2/c1-2-3-6-20-16-27-26-19(15-24(33)34)13-14-23(32(20)26)18-11-9-17(10-12-18)21-7-4-5-8-22(21)25-28-30-31-29-25/h4-5,7-12,15-16,23H,2-3,6,13-14H2,1H3,(H,33,34)(H,28,29,30,31). The molecule has 1 atom stereocenters. The van der Waals surface area contributed by atoms with Crippen molar-refractivity contribution >= 4 is 11.5 Å². The van der Waals surface area contributed by atoms with Crippen LogP contribution in [-0.2, 0) is 11.2 Å². The van der Waals surface area contributed by atoms with Crippen molar-refractivity contribution in [3.63, 3.8) is 0 Å². The average Bonchev–Trinajstić information content (AvgIpc) is 3.54. The normalized spacial score (nSPS) is 16.5. The maximum Gasteiger partial charge on any atom is 0.328 e. The van der Waals surface area contributed by atoms with Crippen LogP contribution >= 0.6 is 0 Å². The lowest BCUT2D eigenvalue weighted by Gasteiger charge is -2.29. The molecule has 0 saturated carbocycles. The van der Waals surface area contributed by atoms with Gasteiger partial charge in [0.15, 0.2) is 5.82 Å². The second kappa shape index (κ2) is 9.43. The van der Waals surface area contributed by atoms with Gasteiger partial charge in [0.2, 0.25) is 0 Å². The van der Waals surface area contributed by atoms with Crippen LogP contribution in [0, 0.1) is 0 Å². The molecule has 5 rings (SSSR count). The number of hydrogen-bond donors (Lipinski definition) is 2. The Labute approximate surface area is 197 Å². The van der Waals surface area contributed by atoms with E-state index in [1.165, 1.54) is 11.6 Å². The van der Waals surface area contributed by atoms with Crippen molar-refractivity contribution in [1.82, 2.24) is 30.2 Å². The van der Waals surface area contributed by atoms with Crippen molar-refractivity contribution in [3.8, 4) is 22.5 Å². The molecule has 34 heavy (non-hydrogen) atoms. The maximum atomic E-state index is 11.4. The largest absolute Gasteiger partial charge is 0.478 e. The number of fused-ring (bicyclic) bond motifs is 1. The number of aryl methyl sites for hydroxylation is 1. The fourth-order valence-corrected chi connectivity index (χ4v) is 4.76. The zero-order valence-corrected chi connectivity index (χ0v) is 19.0. The number of carboxylic acids is 1. The van der Waals surface area contributed by atoms with Gasteiger partial charge in [0.05, 0.1) is 6.04 Å². The van der Waals surface area contributed by atoms with E-state index in [0.717, 1.165) is 59.5 Å². The third-order valence-electron chi connectivity index (χ3n) is 6.38. The Balaban J connectivity index is 1.51.